The number of hydrogen-bond donors (Lipinski definition) is 0. The normalized spacial score (nSPS) is 14.8. The van der Waals surface area contributed by atoms with Crippen molar-refractivity contribution in [2.75, 3.05) is 13.2 Å². The molecule has 0 radical (unpaired) electrons. The molecule has 1 saturated heterocycles. The molecule has 1 heterocycles. The Labute approximate surface area is 204 Å². The molecule has 10 heteroatoms. The highest BCUT2D eigenvalue weighted by atomic mass is 79.9. The van der Waals surface area contributed by atoms with Gasteiger partial charge >= 0.3 is 0 Å². The van der Waals surface area contributed by atoms with E-state index in [4.69, 9.17) is 21.7 Å². The molecular formula is C22H21BrN2O5S2. The lowest BCUT2D eigenvalue weighted by Gasteiger charge is -2.15. The minimum Gasteiger partial charge on any atom is -0.490 e. The molecule has 0 N–H and O–H groups in total. The molecule has 3 rings (SSSR count). The zero-order chi connectivity index (χ0) is 23.3. The van der Waals surface area contributed by atoms with Gasteiger partial charge in [0.05, 0.1) is 20.9 Å². The predicted molar refractivity (Wildman–Crippen MR) is 133 cm³/mol. The molecule has 2 aromatic rings. The van der Waals surface area contributed by atoms with Gasteiger partial charge in [-0.25, -0.2) is 0 Å². The van der Waals surface area contributed by atoms with E-state index in [-0.39, 0.29) is 18.2 Å². The van der Waals surface area contributed by atoms with E-state index in [1.54, 1.807) is 23.1 Å². The minimum absolute atomic E-state index is 0.0265. The van der Waals surface area contributed by atoms with Gasteiger partial charge in [-0.15, -0.1) is 0 Å². The van der Waals surface area contributed by atoms with Crippen LogP contribution in [0.1, 0.15) is 31.4 Å². The van der Waals surface area contributed by atoms with E-state index in [9.17, 15) is 14.9 Å². The Morgan fingerprint density at radius 1 is 1.22 bits per heavy atom. The Bertz CT molecular complexity index is 1070. The molecule has 7 nitrogen and oxygen atoms in total. The summed E-state index contributed by atoms with van der Waals surface area (Å²) in [6, 6.07) is 9.84. The number of nitrogens with zero attached hydrogens (tertiary/aromatic N) is 2. The number of rotatable bonds is 9. The Morgan fingerprint density at radius 2 is 1.94 bits per heavy atom. The second-order valence-corrected chi connectivity index (χ2v) is 9.34. The highest BCUT2D eigenvalue weighted by Crippen LogP contribution is 2.39. The zero-order valence-corrected chi connectivity index (χ0v) is 20.7. The van der Waals surface area contributed by atoms with E-state index < -0.39 is 4.92 Å². The molecule has 0 atom stereocenters. The van der Waals surface area contributed by atoms with Crippen LogP contribution in [0.2, 0.25) is 0 Å². The van der Waals surface area contributed by atoms with Crippen molar-refractivity contribution >= 4 is 61.9 Å². The second-order valence-electron chi connectivity index (χ2n) is 6.81. The second kappa shape index (κ2) is 10.9. The van der Waals surface area contributed by atoms with Crippen molar-refractivity contribution in [1.29, 1.82) is 0 Å². The number of hydrogen-bond acceptors (Lipinski definition) is 7. The molecule has 1 fully saturated rings. The minimum atomic E-state index is -0.441. The maximum Gasteiger partial charge on any atom is 0.269 e. The van der Waals surface area contributed by atoms with Gasteiger partial charge in [0, 0.05) is 18.7 Å². The van der Waals surface area contributed by atoms with E-state index in [1.165, 1.54) is 23.9 Å². The zero-order valence-electron chi connectivity index (χ0n) is 17.5. The van der Waals surface area contributed by atoms with E-state index in [2.05, 4.69) is 15.9 Å². The first-order valence-electron chi connectivity index (χ1n) is 9.91. The topological polar surface area (TPSA) is 81.9 Å². The highest BCUT2D eigenvalue weighted by molar-refractivity contribution is 9.10. The van der Waals surface area contributed by atoms with Crippen molar-refractivity contribution in [2.45, 2.75) is 26.9 Å². The summed E-state index contributed by atoms with van der Waals surface area (Å²) in [5.74, 6) is 0.953. The van der Waals surface area contributed by atoms with E-state index in [1.807, 2.05) is 26.0 Å². The maximum absolute atomic E-state index is 12.6. The number of ether oxygens (including phenoxy) is 2. The van der Waals surface area contributed by atoms with Crippen molar-refractivity contribution in [2.24, 2.45) is 0 Å². The number of benzene rings is 2. The molecule has 0 unspecified atom stereocenters. The van der Waals surface area contributed by atoms with Crippen LogP contribution in [0, 0.1) is 10.1 Å². The first kappa shape index (κ1) is 24.2. The molecule has 2 aromatic carbocycles. The Kier molecular flexibility index (Phi) is 8.27. The molecule has 1 aliphatic heterocycles. The monoisotopic (exact) mass is 536 g/mol. The van der Waals surface area contributed by atoms with Gasteiger partial charge in [0.1, 0.15) is 10.9 Å². The Hall–Kier alpha value is -2.43. The van der Waals surface area contributed by atoms with Crippen molar-refractivity contribution < 1.29 is 19.2 Å². The fraction of sp³-hybridized carbons (Fsp3) is 0.273. The summed E-state index contributed by atoms with van der Waals surface area (Å²) in [5, 5.41) is 10.8. The molecule has 0 aromatic heterocycles. The van der Waals surface area contributed by atoms with Crippen LogP contribution in [-0.4, -0.2) is 33.2 Å². The Balaban J connectivity index is 1.82. The number of carbonyl (C=O) groups is 1. The lowest BCUT2D eigenvalue weighted by Crippen LogP contribution is -2.28. The van der Waals surface area contributed by atoms with Gasteiger partial charge in [0.15, 0.2) is 11.5 Å². The van der Waals surface area contributed by atoms with Crippen LogP contribution in [0.5, 0.6) is 11.5 Å². The van der Waals surface area contributed by atoms with Crippen LogP contribution in [0.3, 0.4) is 0 Å². The van der Waals surface area contributed by atoms with Crippen LogP contribution in [-0.2, 0) is 11.4 Å². The van der Waals surface area contributed by atoms with E-state index in [0.29, 0.717) is 38.3 Å². The summed E-state index contributed by atoms with van der Waals surface area (Å²) in [6.07, 6.45) is 2.63. The van der Waals surface area contributed by atoms with E-state index >= 15 is 0 Å². The van der Waals surface area contributed by atoms with Crippen molar-refractivity contribution in [3.05, 3.63) is 67.0 Å². The molecule has 0 aliphatic carbocycles. The number of amides is 1. The number of halogens is 1. The van der Waals surface area contributed by atoms with Crippen LogP contribution in [0.15, 0.2) is 45.8 Å². The van der Waals surface area contributed by atoms with Gasteiger partial charge < -0.3 is 9.47 Å². The number of nitro benzene ring substituents is 1. The molecule has 1 amide bonds. The first-order chi connectivity index (χ1) is 15.3. The molecule has 0 bridgehead atoms. The number of thiocarbonyl (C=S) groups is 1. The molecular weight excluding hydrogens is 516 g/mol. The average molecular weight is 537 g/mol. The summed E-state index contributed by atoms with van der Waals surface area (Å²) < 4.78 is 13.0. The number of carbonyl (C=O) groups excluding carboxylic acids is 1. The van der Waals surface area contributed by atoms with Gasteiger partial charge in [-0.05, 0) is 70.7 Å². The number of thioether (sulfide) groups is 1. The molecule has 168 valence electrons. The third-order valence-corrected chi connectivity index (χ3v) is 6.45. The summed E-state index contributed by atoms with van der Waals surface area (Å²) in [6.45, 7) is 5.12. The van der Waals surface area contributed by atoms with E-state index in [0.717, 1.165) is 17.5 Å². The largest absolute Gasteiger partial charge is 0.490 e. The molecule has 1 aliphatic rings. The summed E-state index contributed by atoms with van der Waals surface area (Å²) in [7, 11) is 0. The van der Waals surface area contributed by atoms with Gasteiger partial charge in [0.2, 0.25) is 0 Å². The number of nitro groups is 1. The van der Waals surface area contributed by atoms with Gasteiger partial charge in [-0.1, -0.05) is 30.9 Å². The van der Waals surface area contributed by atoms with Crippen LogP contribution < -0.4 is 9.47 Å². The third-order valence-electron chi connectivity index (χ3n) is 4.48. The van der Waals surface area contributed by atoms with Crippen LogP contribution >= 0.6 is 39.9 Å². The van der Waals surface area contributed by atoms with Gasteiger partial charge in [-0.3, -0.25) is 19.8 Å². The van der Waals surface area contributed by atoms with Crippen LogP contribution in [0.25, 0.3) is 6.08 Å². The van der Waals surface area contributed by atoms with Gasteiger partial charge in [-0.2, -0.15) is 0 Å². The summed E-state index contributed by atoms with van der Waals surface area (Å²) in [4.78, 5) is 25.2. The lowest BCUT2D eigenvalue weighted by atomic mass is 10.1. The number of non-ortho nitro benzene ring substituents is 1. The summed E-state index contributed by atoms with van der Waals surface area (Å²) >= 11 is 10.2. The fourth-order valence-electron chi connectivity index (χ4n) is 3.01. The average Bonchev–Trinajstić information content (AvgIpc) is 3.01. The smallest absolute Gasteiger partial charge is 0.269 e. The highest BCUT2D eigenvalue weighted by Gasteiger charge is 2.31. The van der Waals surface area contributed by atoms with Gasteiger partial charge in [0.25, 0.3) is 11.6 Å². The molecule has 0 spiro atoms. The molecule has 32 heavy (non-hydrogen) atoms. The molecule has 0 saturated carbocycles. The van der Waals surface area contributed by atoms with Crippen molar-refractivity contribution in [3.63, 3.8) is 0 Å². The quantitative estimate of drug-likeness (QED) is 0.169. The SMILES string of the molecule is CCCN1C(=O)/C(=C/c2cc(Br)c(OCc3ccc([N+](=O)[O-])cc3)c(OCC)c2)SC1=S. The standard InChI is InChI=1S/C22H21BrN2O5S2/c1-3-9-24-21(26)19(32-22(24)31)12-15-10-17(23)20(18(11-15)29-4-2)30-13-14-5-7-16(8-6-14)25(27)28/h5-8,10-12H,3-4,9,13H2,1-2H3/b19-12-. The van der Waals surface area contributed by atoms with Crippen molar-refractivity contribution in [1.82, 2.24) is 4.90 Å². The summed E-state index contributed by atoms with van der Waals surface area (Å²) in [5.41, 5.74) is 1.59. The lowest BCUT2D eigenvalue weighted by molar-refractivity contribution is -0.384. The maximum atomic E-state index is 12.6. The van der Waals surface area contributed by atoms with Crippen molar-refractivity contribution in [3.8, 4) is 11.5 Å². The predicted octanol–water partition coefficient (Wildman–Crippen LogP) is 5.95. The third kappa shape index (κ3) is 5.67. The van der Waals surface area contributed by atoms with Crippen LogP contribution in [0.4, 0.5) is 5.69 Å². The first-order valence-corrected chi connectivity index (χ1v) is 11.9. The Morgan fingerprint density at radius 3 is 2.56 bits per heavy atom. The fourth-order valence-corrected chi connectivity index (χ4v) is 4.89.